The molecule has 0 unspecified atom stereocenters. The smallest absolute Gasteiger partial charge is 0.230 e. The molecule has 1 aliphatic heterocycles. The lowest BCUT2D eigenvalue weighted by molar-refractivity contribution is -0.136. The van der Waals surface area contributed by atoms with Crippen LogP contribution in [0.2, 0.25) is 0 Å². The van der Waals surface area contributed by atoms with Crippen molar-refractivity contribution in [3.05, 3.63) is 0 Å². The molecule has 3 rings (SSSR count). The van der Waals surface area contributed by atoms with E-state index in [1.165, 1.54) is 35.9 Å². The Balaban J connectivity index is 1.43. The Bertz CT molecular complexity index is 651. The summed E-state index contributed by atoms with van der Waals surface area (Å²) >= 11 is 2.99. The minimum Gasteiger partial charge on any atom is -0.353 e. The number of nitrogens with zero attached hydrogens (tertiary/aromatic N) is 4. The standard InChI is InChI=1S/C19H31N5O2S2/c1-3-14(4-2)17(26)23-9-11-24(12-10-23)18-21-22-19(28-18)27-13-16(25)20-15-7-5-6-8-15/h14-15H,3-13H2,1-2H3,(H,20,25). The van der Waals surface area contributed by atoms with Crippen molar-refractivity contribution in [2.24, 2.45) is 5.92 Å². The molecule has 156 valence electrons. The van der Waals surface area contributed by atoms with Crippen LogP contribution in [0.3, 0.4) is 0 Å². The molecular formula is C19H31N5O2S2. The summed E-state index contributed by atoms with van der Waals surface area (Å²) in [5.74, 6) is 0.906. The SMILES string of the molecule is CCC(CC)C(=O)N1CCN(c2nnc(SCC(=O)NC3CCCC3)s2)CC1. The topological polar surface area (TPSA) is 78.4 Å². The van der Waals surface area contributed by atoms with Gasteiger partial charge in [-0.25, -0.2) is 0 Å². The number of rotatable bonds is 8. The first-order valence-corrected chi connectivity index (χ1v) is 12.2. The van der Waals surface area contributed by atoms with Crippen LogP contribution < -0.4 is 10.2 Å². The van der Waals surface area contributed by atoms with Crippen molar-refractivity contribution >= 4 is 40.0 Å². The van der Waals surface area contributed by atoms with Gasteiger partial charge in [-0.05, 0) is 25.7 Å². The summed E-state index contributed by atoms with van der Waals surface area (Å²) in [6.45, 7) is 7.20. The molecule has 0 bridgehead atoms. The lowest BCUT2D eigenvalue weighted by atomic mass is 10.0. The summed E-state index contributed by atoms with van der Waals surface area (Å²) in [7, 11) is 0. The highest BCUT2D eigenvalue weighted by atomic mass is 32.2. The lowest BCUT2D eigenvalue weighted by Crippen LogP contribution is -2.50. The molecule has 0 radical (unpaired) electrons. The number of piperazine rings is 1. The van der Waals surface area contributed by atoms with Crippen molar-refractivity contribution in [2.75, 3.05) is 36.8 Å². The molecule has 2 aliphatic rings. The predicted octanol–water partition coefficient (Wildman–Crippen LogP) is 2.77. The van der Waals surface area contributed by atoms with Gasteiger partial charge in [0.05, 0.1) is 5.75 Å². The summed E-state index contributed by atoms with van der Waals surface area (Å²) in [5, 5.41) is 12.5. The molecule has 0 atom stereocenters. The minimum atomic E-state index is 0.0854. The highest BCUT2D eigenvalue weighted by Crippen LogP contribution is 2.29. The van der Waals surface area contributed by atoms with E-state index in [1.807, 2.05) is 4.90 Å². The van der Waals surface area contributed by atoms with Crippen molar-refractivity contribution in [2.45, 2.75) is 62.8 Å². The van der Waals surface area contributed by atoms with Crippen LogP contribution in [0.15, 0.2) is 4.34 Å². The summed E-state index contributed by atoms with van der Waals surface area (Å²) in [6.07, 6.45) is 6.44. The summed E-state index contributed by atoms with van der Waals surface area (Å²) < 4.78 is 0.826. The molecule has 0 spiro atoms. The fourth-order valence-electron chi connectivity index (χ4n) is 3.87. The van der Waals surface area contributed by atoms with Gasteiger partial charge in [-0.3, -0.25) is 9.59 Å². The number of anilines is 1. The molecular weight excluding hydrogens is 394 g/mol. The van der Waals surface area contributed by atoms with Crippen LogP contribution in [0.1, 0.15) is 52.4 Å². The van der Waals surface area contributed by atoms with Crippen molar-refractivity contribution in [1.82, 2.24) is 20.4 Å². The molecule has 1 saturated carbocycles. The van der Waals surface area contributed by atoms with E-state index in [2.05, 4.69) is 34.3 Å². The summed E-state index contributed by atoms with van der Waals surface area (Å²) in [6, 6.07) is 0.358. The Morgan fingerprint density at radius 2 is 1.82 bits per heavy atom. The van der Waals surface area contributed by atoms with Gasteiger partial charge in [0.2, 0.25) is 16.9 Å². The summed E-state index contributed by atoms with van der Waals surface area (Å²) in [4.78, 5) is 28.8. The average Bonchev–Trinajstić information content (AvgIpc) is 3.39. The molecule has 0 aromatic carbocycles. The Labute approximate surface area is 175 Å². The largest absolute Gasteiger partial charge is 0.353 e. The van der Waals surface area contributed by atoms with E-state index in [0.29, 0.717) is 11.8 Å². The van der Waals surface area contributed by atoms with Crippen LogP contribution in [0.5, 0.6) is 0 Å². The van der Waals surface area contributed by atoms with Gasteiger partial charge in [-0.15, -0.1) is 10.2 Å². The quantitative estimate of drug-likeness (QED) is 0.645. The zero-order valence-electron chi connectivity index (χ0n) is 16.9. The minimum absolute atomic E-state index is 0.0854. The molecule has 28 heavy (non-hydrogen) atoms. The van der Waals surface area contributed by atoms with Gasteiger partial charge in [-0.1, -0.05) is 49.8 Å². The number of hydrogen-bond donors (Lipinski definition) is 1. The van der Waals surface area contributed by atoms with Crippen LogP contribution in [-0.2, 0) is 9.59 Å². The van der Waals surface area contributed by atoms with E-state index in [-0.39, 0.29) is 17.7 Å². The zero-order valence-corrected chi connectivity index (χ0v) is 18.5. The second-order valence-corrected chi connectivity index (χ2v) is 9.69. The average molecular weight is 426 g/mol. The number of carbonyl (C=O) groups excluding carboxylic acids is 2. The van der Waals surface area contributed by atoms with Crippen LogP contribution in [0, 0.1) is 5.92 Å². The first kappa shape index (κ1) is 21.4. The molecule has 2 heterocycles. The fraction of sp³-hybridized carbons (Fsp3) is 0.789. The second-order valence-electron chi connectivity index (χ2n) is 7.51. The molecule has 2 amide bonds. The summed E-state index contributed by atoms with van der Waals surface area (Å²) in [5.41, 5.74) is 0. The van der Waals surface area contributed by atoms with Gasteiger partial charge in [-0.2, -0.15) is 0 Å². The van der Waals surface area contributed by atoms with Crippen LogP contribution in [0.4, 0.5) is 5.13 Å². The molecule has 7 nitrogen and oxygen atoms in total. The van der Waals surface area contributed by atoms with E-state index in [0.717, 1.165) is 61.3 Å². The van der Waals surface area contributed by atoms with Gasteiger partial charge in [0.15, 0.2) is 4.34 Å². The Morgan fingerprint density at radius 3 is 2.46 bits per heavy atom. The van der Waals surface area contributed by atoms with E-state index < -0.39 is 0 Å². The molecule has 1 N–H and O–H groups in total. The monoisotopic (exact) mass is 425 g/mol. The van der Waals surface area contributed by atoms with Crippen molar-refractivity contribution in [1.29, 1.82) is 0 Å². The van der Waals surface area contributed by atoms with E-state index >= 15 is 0 Å². The first-order chi connectivity index (χ1) is 13.6. The van der Waals surface area contributed by atoms with Gasteiger partial charge in [0, 0.05) is 38.1 Å². The lowest BCUT2D eigenvalue weighted by Gasteiger charge is -2.35. The predicted molar refractivity (Wildman–Crippen MR) is 114 cm³/mol. The molecule has 2 fully saturated rings. The van der Waals surface area contributed by atoms with Crippen LogP contribution >= 0.6 is 23.1 Å². The molecule has 1 aliphatic carbocycles. The third kappa shape index (κ3) is 5.59. The second kappa shape index (κ2) is 10.4. The number of thioether (sulfide) groups is 1. The van der Waals surface area contributed by atoms with E-state index in [9.17, 15) is 9.59 Å². The normalized spacial score (nSPS) is 18.1. The highest BCUT2D eigenvalue weighted by molar-refractivity contribution is 8.01. The molecule has 1 saturated heterocycles. The van der Waals surface area contributed by atoms with Gasteiger partial charge < -0.3 is 15.1 Å². The number of nitrogens with one attached hydrogen (secondary N) is 1. The Hall–Kier alpha value is -1.35. The molecule has 1 aromatic heterocycles. The molecule has 1 aromatic rings. The van der Waals surface area contributed by atoms with Crippen molar-refractivity contribution in [3.63, 3.8) is 0 Å². The van der Waals surface area contributed by atoms with E-state index in [1.54, 1.807) is 0 Å². The van der Waals surface area contributed by atoms with Gasteiger partial charge in [0.1, 0.15) is 0 Å². The molecule has 9 heteroatoms. The maximum absolute atomic E-state index is 12.5. The zero-order chi connectivity index (χ0) is 19.9. The van der Waals surface area contributed by atoms with E-state index in [4.69, 9.17) is 0 Å². The Kier molecular flexibility index (Phi) is 7.96. The van der Waals surface area contributed by atoms with Crippen molar-refractivity contribution < 1.29 is 9.59 Å². The third-order valence-corrected chi connectivity index (χ3v) is 7.76. The van der Waals surface area contributed by atoms with Gasteiger partial charge >= 0.3 is 0 Å². The van der Waals surface area contributed by atoms with Crippen molar-refractivity contribution in [3.8, 4) is 0 Å². The van der Waals surface area contributed by atoms with Crippen LogP contribution in [0.25, 0.3) is 0 Å². The third-order valence-electron chi connectivity index (χ3n) is 5.64. The number of hydrogen-bond acceptors (Lipinski definition) is 7. The maximum atomic E-state index is 12.5. The highest BCUT2D eigenvalue weighted by Gasteiger charge is 2.27. The number of carbonyl (C=O) groups is 2. The Morgan fingerprint density at radius 1 is 1.14 bits per heavy atom. The fourth-order valence-corrected chi connectivity index (χ4v) is 5.57. The first-order valence-electron chi connectivity index (χ1n) is 10.4. The number of amides is 2. The number of aromatic nitrogens is 2. The van der Waals surface area contributed by atoms with Gasteiger partial charge in [0.25, 0.3) is 0 Å². The van der Waals surface area contributed by atoms with Crippen LogP contribution in [-0.4, -0.2) is 64.9 Å². The maximum Gasteiger partial charge on any atom is 0.230 e.